The molecule has 2 aromatic rings. The van der Waals surface area contributed by atoms with E-state index in [1.807, 2.05) is 0 Å². The predicted octanol–water partition coefficient (Wildman–Crippen LogP) is 10.9. The van der Waals surface area contributed by atoms with Crippen LogP contribution in [0.1, 0.15) is 155 Å². The van der Waals surface area contributed by atoms with Gasteiger partial charge in [0.2, 0.25) is 0 Å². The van der Waals surface area contributed by atoms with E-state index >= 15 is 0 Å². The van der Waals surface area contributed by atoms with E-state index < -0.39 is 0 Å². The van der Waals surface area contributed by atoms with Crippen LogP contribution in [0.5, 0.6) is 23.0 Å². The Morgan fingerprint density at radius 1 is 0.512 bits per heavy atom. The summed E-state index contributed by atoms with van der Waals surface area (Å²) in [7, 11) is 0. The summed E-state index contributed by atoms with van der Waals surface area (Å²) in [5.41, 5.74) is 1.44. The number of benzene rings is 2. The van der Waals surface area contributed by atoms with Crippen molar-refractivity contribution in [1.29, 1.82) is 0 Å². The van der Waals surface area contributed by atoms with Gasteiger partial charge < -0.3 is 18.9 Å². The highest BCUT2D eigenvalue weighted by Gasteiger charge is 2.46. The van der Waals surface area contributed by atoms with Gasteiger partial charge in [0.25, 0.3) is 0 Å². The zero-order valence-corrected chi connectivity index (χ0v) is 27.9. The van der Waals surface area contributed by atoms with Crippen molar-refractivity contribution in [3.63, 3.8) is 0 Å². The Morgan fingerprint density at radius 3 is 1.47 bits per heavy atom. The maximum atomic E-state index is 7.13. The van der Waals surface area contributed by atoms with Crippen LogP contribution in [-0.2, 0) is 5.41 Å². The van der Waals surface area contributed by atoms with Gasteiger partial charge in [0.15, 0.2) is 0 Å². The molecule has 3 fully saturated rings. The van der Waals surface area contributed by atoms with E-state index in [-0.39, 0.29) is 27.8 Å². The van der Waals surface area contributed by atoms with Crippen molar-refractivity contribution in [3.05, 3.63) is 47.5 Å². The Labute approximate surface area is 261 Å². The van der Waals surface area contributed by atoms with Crippen molar-refractivity contribution in [3.8, 4) is 23.0 Å². The quantitative estimate of drug-likeness (QED) is 0.322. The minimum absolute atomic E-state index is 0.0960. The van der Waals surface area contributed by atoms with Crippen LogP contribution in [-0.4, -0.2) is 22.4 Å². The lowest BCUT2D eigenvalue weighted by molar-refractivity contribution is 0.0358. The molecule has 0 saturated heterocycles. The zero-order chi connectivity index (χ0) is 30.3. The van der Waals surface area contributed by atoms with Crippen LogP contribution >= 0.6 is 0 Å². The highest BCUT2D eigenvalue weighted by Crippen LogP contribution is 2.53. The van der Waals surface area contributed by atoms with E-state index in [9.17, 15) is 0 Å². The minimum atomic E-state index is -0.341. The molecule has 0 N–H and O–H groups in total. The van der Waals surface area contributed by atoms with Gasteiger partial charge in [-0.2, -0.15) is 0 Å². The largest absolute Gasteiger partial charge is 0.487 e. The number of hydrogen-bond acceptors (Lipinski definition) is 4. The first-order valence-electron chi connectivity index (χ1n) is 17.4. The van der Waals surface area contributed by atoms with Crippen molar-refractivity contribution in [2.75, 3.05) is 0 Å². The molecule has 236 valence electrons. The van der Waals surface area contributed by atoms with E-state index in [1.165, 1.54) is 68.9 Å². The molecule has 6 rings (SSSR count). The normalized spacial score (nSPS) is 27.3. The summed E-state index contributed by atoms with van der Waals surface area (Å²) in [5.74, 6) is 3.75. The predicted molar refractivity (Wildman–Crippen MR) is 175 cm³/mol. The molecule has 1 atom stereocenters. The summed E-state index contributed by atoms with van der Waals surface area (Å²) in [6, 6.07) is 13.3. The van der Waals surface area contributed by atoms with Gasteiger partial charge in [-0.3, -0.25) is 0 Å². The molecule has 0 aromatic heterocycles. The first-order chi connectivity index (χ1) is 20.4. The standard InChI is InChI=1S/C39H56O4/c1-35(2)28-39(6,31-18-16-29(26-33(31)42-35)40-36(3)20-10-7-11-21-36)32-19-17-30(41-37(4)22-12-8-13-23-37)27-34(32)43-38(5)24-14-9-15-25-38/h16-19,26-27H,7-15,20-25,28H2,1-6H3. The maximum absolute atomic E-state index is 7.13. The average molecular weight is 589 g/mol. The van der Waals surface area contributed by atoms with Crippen LogP contribution in [0.3, 0.4) is 0 Å². The molecule has 3 aliphatic carbocycles. The Hall–Kier alpha value is -2.36. The Bertz CT molecular complexity index is 1280. The first-order valence-corrected chi connectivity index (χ1v) is 17.4. The third-order valence-electron chi connectivity index (χ3n) is 11.1. The van der Waals surface area contributed by atoms with E-state index in [0.717, 1.165) is 67.9 Å². The van der Waals surface area contributed by atoms with E-state index in [0.29, 0.717) is 0 Å². The van der Waals surface area contributed by atoms with Gasteiger partial charge >= 0.3 is 0 Å². The van der Waals surface area contributed by atoms with Crippen LogP contribution < -0.4 is 18.9 Å². The third-order valence-corrected chi connectivity index (χ3v) is 11.1. The Balaban J connectivity index is 1.39. The van der Waals surface area contributed by atoms with Gasteiger partial charge in [-0.1, -0.05) is 38.3 Å². The molecule has 43 heavy (non-hydrogen) atoms. The Kier molecular flexibility index (Phi) is 8.22. The van der Waals surface area contributed by atoms with Crippen molar-refractivity contribution in [2.24, 2.45) is 0 Å². The fourth-order valence-corrected chi connectivity index (χ4v) is 8.77. The second-order valence-electron chi connectivity index (χ2n) is 16.0. The molecule has 0 radical (unpaired) electrons. The van der Waals surface area contributed by atoms with Crippen molar-refractivity contribution < 1.29 is 18.9 Å². The van der Waals surface area contributed by atoms with E-state index in [2.05, 4.69) is 77.9 Å². The second kappa shape index (κ2) is 11.5. The number of rotatable bonds is 7. The van der Waals surface area contributed by atoms with Crippen molar-refractivity contribution >= 4 is 0 Å². The summed E-state index contributed by atoms with van der Waals surface area (Å²) in [6.07, 6.45) is 18.8. The third kappa shape index (κ3) is 6.69. The summed E-state index contributed by atoms with van der Waals surface area (Å²) in [6.45, 7) is 13.7. The smallest absolute Gasteiger partial charge is 0.127 e. The van der Waals surface area contributed by atoms with Crippen LogP contribution in [0.25, 0.3) is 0 Å². The van der Waals surface area contributed by atoms with E-state index in [4.69, 9.17) is 18.9 Å². The van der Waals surface area contributed by atoms with Crippen LogP contribution in [0.4, 0.5) is 0 Å². The average Bonchev–Trinajstić information content (AvgIpc) is 2.93. The molecule has 0 bridgehead atoms. The molecule has 1 heterocycles. The molecule has 2 aromatic carbocycles. The molecule has 3 saturated carbocycles. The number of fused-ring (bicyclic) bond motifs is 1. The zero-order valence-electron chi connectivity index (χ0n) is 27.9. The monoisotopic (exact) mass is 588 g/mol. The Morgan fingerprint density at radius 2 is 0.953 bits per heavy atom. The highest BCUT2D eigenvalue weighted by molar-refractivity contribution is 5.57. The molecular formula is C39H56O4. The minimum Gasteiger partial charge on any atom is -0.487 e. The molecular weight excluding hydrogens is 532 g/mol. The van der Waals surface area contributed by atoms with E-state index in [1.54, 1.807) is 0 Å². The van der Waals surface area contributed by atoms with Crippen molar-refractivity contribution in [1.82, 2.24) is 0 Å². The van der Waals surface area contributed by atoms with Gasteiger partial charge in [-0.15, -0.1) is 0 Å². The molecule has 1 unspecified atom stereocenters. The first kappa shape index (κ1) is 30.7. The summed E-state index contributed by atoms with van der Waals surface area (Å²) in [4.78, 5) is 0. The fourth-order valence-electron chi connectivity index (χ4n) is 8.77. The lowest BCUT2D eigenvalue weighted by Crippen LogP contribution is -2.44. The van der Waals surface area contributed by atoms with Gasteiger partial charge in [0.05, 0.1) is 0 Å². The maximum Gasteiger partial charge on any atom is 0.127 e. The molecule has 0 spiro atoms. The summed E-state index contributed by atoms with van der Waals surface area (Å²) >= 11 is 0. The second-order valence-corrected chi connectivity index (χ2v) is 16.0. The van der Waals surface area contributed by atoms with Crippen LogP contribution in [0, 0.1) is 0 Å². The van der Waals surface area contributed by atoms with Crippen molar-refractivity contribution in [2.45, 2.75) is 172 Å². The lowest BCUT2D eigenvalue weighted by Gasteiger charge is -2.46. The topological polar surface area (TPSA) is 36.9 Å². The molecule has 4 heteroatoms. The molecule has 4 aliphatic rings. The lowest BCUT2D eigenvalue weighted by atomic mass is 9.67. The molecule has 1 aliphatic heterocycles. The van der Waals surface area contributed by atoms with Gasteiger partial charge in [0, 0.05) is 35.1 Å². The van der Waals surface area contributed by atoms with Crippen LogP contribution in [0.2, 0.25) is 0 Å². The van der Waals surface area contributed by atoms with Crippen LogP contribution in [0.15, 0.2) is 36.4 Å². The summed E-state index contributed by atoms with van der Waals surface area (Å²) < 4.78 is 27.3. The fraction of sp³-hybridized carbons (Fsp3) is 0.692. The summed E-state index contributed by atoms with van der Waals surface area (Å²) in [5, 5.41) is 0. The number of ether oxygens (including phenoxy) is 4. The molecule has 0 amide bonds. The molecule has 4 nitrogen and oxygen atoms in total. The van der Waals surface area contributed by atoms with Gasteiger partial charge in [-0.25, -0.2) is 0 Å². The highest BCUT2D eigenvalue weighted by atomic mass is 16.5. The SMILES string of the molecule is CC1(C)CC(C)(c2ccc(OC3(C)CCCCC3)cc2OC2(C)CCCCC2)c2ccc(OC3(C)CCCCC3)cc2O1. The van der Waals surface area contributed by atoms with Gasteiger partial charge in [-0.05, 0) is 124 Å². The van der Waals surface area contributed by atoms with Gasteiger partial charge in [0.1, 0.15) is 45.4 Å². The number of hydrogen-bond donors (Lipinski definition) is 0.